The van der Waals surface area contributed by atoms with E-state index < -0.39 is 5.92 Å². The van der Waals surface area contributed by atoms with Crippen LogP contribution in [0.3, 0.4) is 0 Å². The Morgan fingerprint density at radius 2 is 1.79 bits per heavy atom. The lowest BCUT2D eigenvalue weighted by Crippen LogP contribution is -2.38. The van der Waals surface area contributed by atoms with Crippen molar-refractivity contribution in [2.24, 2.45) is 5.92 Å². The van der Waals surface area contributed by atoms with Crippen molar-refractivity contribution in [2.45, 2.75) is 51.5 Å². The molecule has 2 aliphatic rings. The van der Waals surface area contributed by atoms with E-state index in [0.717, 1.165) is 53.1 Å². The van der Waals surface area contributed by atoms with Gasteiger partial charge in [0.1, 0.15) is 0 Å². The first kappa shape index (κ1) is 30.8. The van der Waals surface area contributed by atoms with Crippen molar-refractivity contribution in [2.75, 3.05) is 50.9 Å². The Bertz CT molecular complexity index is 1420. The van der Waals surface area contributed by atoms with Crippen LogP contribution in [0.15, 0.2) is 61.1 Å². The third-order valence-electron chi connectivity index (χ3n) is 8.65. The molecule has 0 spiro atoms. The fourth-order valence-corrected chi connectivity index (χ4v) is 5.98. The van der Waals surface area contributed by atoms with Crippen LogP contribution in [-0.4, -0.2) is 71.9 Å². The Kier molecular flexibility index (Phi) is 9.82. The number of nitrogens with zero attached hydrogens (tertiary/aromatic N) is 4. The van der Waals surface area contributed by atoms with Gasteiger partial charge in [-0.3, -0.25) is 19.7 Å². The molecule has 9 heteroatoms. The van der Waals surface area contributed by atoms with Crippen LogP contribution < -0.4 is 10.6 Å². The summed E-state index contributed by atoms with van der Waals surface area (Å²) >= 11 is 0. The van der Waals surface area contributed by atoms with Crippen molar-refractivity contribution in [3.8, 4) is 11.1 Å². The number of allylic oxidation sites excluding steroid dienone is 1. The summed E-state index contributed by atoms with van der Waals surface area (Å²) in [4.78, 5) is 27.0. The summed E-state index contributed by atoms with van der Waals surface area (Å²) in [6, 6.07) is 11.9. The zero-order chi connectivity index (χ0) is 30.4. The van der Waals surface area contributed by atoms with Crippen LogP contribution >= 0.6 is 0 Å². The first-order chi connectivity index (χ1) is 20.7. The molecule has 2 N–H and O–H groups in total. The zero-order valence-corrected chi connectivity index (χ0v) is 25.4. The normalized spacial score (nSPS) is 18.4. The van der Waals surface area contributed by atoms with Gasteiger partial charge in [0.25, 0.3) is 11.8 Å². The van der Waals surface area contributed by atoms with Crippen LogP contribution in [0.4, 0.5) is 20.2 Å². The van der Waals surface area contributed by atoms with Crippen LogP contribution in [0.2, 0.25) is 0 Å². The Hall–Kier alpha value is -3.69. The lowest BCUT2D eigenvalue weighted by Gasteiger charge is -2.31. The van der Waals surface area contributed by atoms with Crippen LogP contribution in [-0.2, 0) is 17.8 Å². The van der Waals surface area contributed by atoms with Crippen molar-refractivity contribution in [3.63, 3.8) is 0 Å². The minimum Gasteiger partial charge on any atom is -0.388 e. The van der Waals surface area contributed by atoms with Crippen LogP contribution in [0, 0.1) is 5.92 Å². The van der Waals surface area contributed by atoms with Crippen LogP contribution in [0.25, 0.3) is 16.7 Å². The predicted octanol–water partition coefficient (Wildman–Crippen LogP) is 6.34. The molecule has 1 aromatic carbocycles. The summed E-state index contributed by atoms with van der Waals surface area (Å²) in [5.74, 6) is -2.13. The monoisotopic (exact) mass is 588 g/mol. The number of carbonyl (C=O) groups excluding carboxylic acids is 1. The number of hydrogen-bond donors (Lipinski definition) is 2. The average Bonchev–Trinajstić information content (AvgIpc) is 3.01. The standard InChI is InChI=1S/C34H42F2N6O/c1-4-30(33(43)40-29-7-6-28(39-22-29)18-24-9-13-41(3)14-10-24)31-19-26(5-8-32(31)37-2)27-17-25(20-38-21-27)23-42-15-11-34(35,36)12-16-42/h4-8,17,19-22,24,37H,9-16,18,23H2,1-3H3,(H,40,43). The number of likely N-dealkylation sites (tertiary alicyclic amines) is 2. The highest BCUT2D eigenvalue weighted by Crippen LogP contribution is 2.32. The maximum Gasteiger partial charge on any atom is 0.256 e. The number of nitrogens with one attached hydrogen (secondary N) is 2. The molecule has 2 fully saturated rings. The summed E-state index contributed by atoms with van der Waals surface area (Å²) in [5.41, 5.74) is 6.65. The second-order valence-electron chi connectivity index (χ2n) is 11.9. The van der Waals surface area contributed by atoms with Crippen molar-refractivity contribution >= 4 is 22.9 Å². The highest BCUT2D eigenvalue weighted by Gasteiger charge is 2.33. The van der Waals surface area contributed by atoms with Crippen molar-refractivity contribution < 1.29 is 13.6 Å². The number of anilines is 2. The quantitative estimate of drug-likeness (QED) is 0.284. The van der Waals surface area contributed by atoms with Gasteiger partial charge in [-0.05, 0) is 93.7 Å². The van der Waals surface area contributed by atoms with E-state index in [4.69, 9.17) is 0 Å². The number of carbonyl (C=O) groups is 1. The van der Waals surface area contributed by atoms with Gasteiger partial charge in [0.2, 0.25) is 0 Å². The van der Waals surface area contributed by atoms with Gasteiger partial charge >= 0.3 is 0 Å². The molecule has 43 heavy (non-hydrogen) atoms. The molecular weight excluding hydrogens is 546 g/mol. The van der Waals surface area contributed by atoms with Gasteiger partial charge in [0.15, 0.2) is 0 Å². The first-order valence-corrected chi connectivity index (χ1v) is 15.2. The molecular formula is C34H42F2N6O. The molecule has 228 valence electrons. The number of benzene rings is 1. The van der Waals surface area contributed by atoms with E-state index in [1.807, 2.05) is 61.3 Å². The molecule has 3 aromatic rings. The molecule has 2 saturated heterocycles. The Balaban J connectivity index is 1.28. The molecule has 7 nitrogen and oxygen atoms in total. The number of pyridine rings is 2. The van der Waals surface area contributed by atoms with E-state index in [1.165, 1.54) is 12.8 Å². The Morgan fingerprint density at radius 1 is 1.02 bits per heavy atom. The Morgan fingerprint density at radius 3 is 2.47 bits per heavy atom. The Labute approximate surface area is 253 Å². The third-order valence-corrected chi connectivity index (χ3v) is 8.65. The van der Waals surface area contributed by atoms with Gasteiger partial charge in [-0.1, -0.05) is 12.1 Å². The molecule has 0 bridgehead atoms. The number of hydrogen-bond acceptors (Lipinski definition) is 6. The molecule has 0 saturated carbocycles. The zero-order valence-electron chi connectivity index (χ0n) is 25.4. The van der Waals surface area contributed by atoms with Crippen molar-refractivity contribution in [1.29, 1.82) is 0 Å². The van der Waals surface area contributed by atoms with Crippen LogP contribution in [0.5, 0.6) is 0 Å². The number of rotatable bonds is 9. The first-order valence-electron chi connectivity index (χ1n) is 15.2. The van der Waals surface area contributed by atoms with Crippen LogP contribution in [0.1, 0.15) is 49.4 Å². The molecule has 0 unspecified atom stereocenters. The topological polar surface area (TPSA) is 73.4 Å². The van der Waals surface area contributed by atoms with Gasteiger partial charge in [-0.2, -0.15) is 0 Å². The van der Waals surface area contributed by atoms with E-state index in [2.05, 4.69) is 32.5 Å². The third kappa shape index (κ3) is 8.03. The second kappa shape index (κ2) is 13.7. The highest BCUT2D eigenvalue weighted by molar-refractivity contribution is 6.26. The van der Waals surface area contributed by atoms with E-state index in [-0.39, 0.29) is 18.7 Å². The van der Waals surface area contributed by atoms with Gasteiger partial charge in [0.05, 0.1) is 11.9 Å². The number of amides is 1. The summed E-state index contributed by atoms with van der Waals surface area (Å²) in [6.07, 6.45) is 10.3. The van der Waals surface area contributed by atoms with Gasteiger partial charge in [0, 0.05) is 80.0 Å². The van der Waals surface area contributed by atoms with Gasteiger partial charge < -0.3 is 15.5 Å². The fourth-order valence-electron chi connectivity index (χ4n) is 5.98. The van der Waals surface area contributed by atoms with E-state index in [1.54, 1.807) is 18.6 Å². The SMILES string of the molecule is CC=C(C(=O)Nc1ccc(CC2CCN(C)CC2)nc1)c1cc(-c2cncc(CN3CCC(F)(F)CC3)c2)ccc1NC. The fraction of sp³-hybridized carbons (Fsp3) is 0.441. The lowest BCUT2D eigenvalue weighted by molar-refractivity contribution is -0.111. The minimum atomic E-state index is -2.56. The van der Waals surface area contributed by atoms with Gasteiger partial charge in [-0.15, -0.1) is 0 Å². The summed E-state index contributed by atoms with van der Waals surface area (Å²) in [7, 11) is 4.00. The van der Waals surface area contributed by atoms with Gasteiger partial charge in [-0.25, -0.2) is 8.78 Å². The average molecular weight is 589 g/mol. The lowest BCUT2D eigenvalue weighted by atomic mass is 9.92. The van der Waals surface area contributed by atoms with E-state index >= 15 is 0 Å². The molecule has 1 amide bonds. The summed E-state index contributed by atoms with van der Waals surface area (Å²) in [5, 5.41) is 6.23. The second-order valence-corrected chi connectivity index (χ2v) is 11.9. The molecule has 0 atom stereocenters. The molecule has 5 rings (SSSR count). The predicted molar refractivity (Wildman–Crippen MR) is 169 cm³/mol. The maximum atomic E-state index is 13.6. The van der Waals surface area contributed by atoms with Crippen molar-refractivity contribution in [1.82, 2.24) is 19.8 Å². The van der Waals surface area contributed by atoms with E-state index in [9.17, 15) is 13.6 Å². The number of aromatic nitrogens is 2. The highest BCUT2D eigenvalue weighted by atomic mass is 19.3. The van der Waals surface area contributed by atoms with Crippen molar-refractivity contribution in [3.05, 3.63) is 77.9 Å². The minimum absolute atomic E-state index is 0.109. The molecule has 0 radical (unpaired) electrons. The molecule has 2 aromatic heterocycles. The molecule has 2 aliphatic heterocycles. The molecule has 4 heterocycles. The smallest absolute Gasteiger partial charge is 0.256 e. The largest absolute Gasteiger partial charge is 0.388 e. The summed E-state index contributed by atoms with van der Waals surface area (Å²) in [6.45, 7) is 5.43. The molecule has 0 aliphatic carbocycles. The number of alkyl halides is 2. The number of halogens is 2. The number of piperidine rings is 2. The van der Waals surface area contributed by atoms with E-state index in [0.29, 0.717) is 36.8 Å². The maximum absolute atomic E-state index is 13.6. The summed E-state index contributed by atoms with van der Waals surface area (Å²) < 4.78 is 27.2.